The summed E-state index contributed by atoms with van der Waals surface area (Å²) in [6.45, 7) is 2.11. The molecule has 1 fully saturated rings. The Labute approximate surface area is 130 Å². The fourth-order valence-corrected chi connectivity index (χ4v) is 2.63. The first-order valence-corrected chi connectivity index (χ1v) is 7.56. The number of aromatic nitrogens is 1. The van der Waals surface area contributed by atoms with Crippen LogP contribution in [0.1, 0.15) is 18.4 Å². The maximum absolute atomic E-state index is 12.1. The number of amides is 1. The normalized spacial score (nSPS) is 14.5. The zero-order valence-corrected chi connectivity index (χ0v) is 12.4. The van der Waals surface area contributed by atoms with Crippen molar-refractivity contribution in [1.82, 2.24) is 4.98 Å². The minimum atomic E-state index is -0.122. The summed E-state index contributed by atoms with van der Waals surface area (Å²) in [6, 6.07) is 11.7. The molecule has 0 bridgehead atoms. The fourth-order valence-electron chi connectivity index (χ4n) is 2.63. The lowest BCUT2D eigenvalue weighted by atomic mass is 10.2. The quantitative estimate of drug-likeness (QED) is 0.879. The number of nitrogens with one attached hydrogen (secondary N) is 1. The predicted molar refractivity (Wildman–Crippen MR) is 89.8 cm³/mol. The van der Waals surface area contributed by atoms with E-state index in [4.69, 9.17) is 0 Å². The average molecular weight is 293 g/mol. The maximum Gasteiger partial charge on any atom is 0.248 e. The van der Waals surface area contributed by atoms with Crippen molar-refractivity contribution >= 4 is 23.4 Å². The van der Waals surface area contributed by atoms with Crippen LogP contribution < -0.4 is 10.2 Å². The van der Waals surface area contributed by atoms with E-state index in [1.165, 1.54) is 12.8 Å². The highest BCUT2D eigenvalue weighted by Gasteiger charge is 2.15. The van der Waals surface area contributed by atoms with Gasteiger partial charge in [-0.15, -0.1) is 0 Å². The largest absolute Gasteiger partial charge is 0.370 e. The minimum Gasteiger partial charge on any atom is -0.370 e. The Morgan fingerprint density at radius 3 is 2.59 bits per heavy atom. The van der Waals surface area contributed by atoms with Crippen LogP contribution in [0.5, 0.6) is 0 Å². The minimum absolute atomic E-state index is 0.122. The van der Waals surface area contributed by atoms with Gasteiger partial charge < -0.3 is 10.2 Å². The number of carbonyl (C=O) groups is 1. The van der Waals surface area contributed by atoms with Crippen molar-refractivity contribution in [3.8, 4) is 0 Å². The number of hydrogen-bond acceptors (Lipinski definition) is 3. The van der Waals surface area contributed by atoms with Gasteiger partial charge in [-0.05, 0) is 48.7 Å². The lowest BCUT2D eigenvalue weighted by Crippen LogP contribution is -2.20. The van der Waals surface area contributed by atoms with E-state index in [1.807, 2.05) is 30.3 Å². The Morgan fingerprint density at radius 2 is 1.82 bits per heavy atom. The lowest BCUT2D eigenvalue weighted by molar-refractivity contribution is -0.111. The van der Waals surface area contributed by atoms with Crippen LogP contribution >= 0.6 is 0 Å². The van der Waals surface area contributed by atoms with Crippen molar-refractivity contribution in [2.24, 2.45) is 0 Å². The molecule has 1 saturated heterocycles. The van der Waals surface area contributed by atoms with Crippen LogP contribution in [-0.4, -0.2) is 24.0 Å². The first-order valence-electron chi connectivity index (χ1n) is 7.56. The van der Waals surface area contributed by atoms with Crippen LogP contribution in [0.25, 0.3) is 6.08 Å². The zero-order chi connectivity index (χ0) is 15.2. The summed E-state index contributed by atoms with van der Waals surface area (Å²) in [4.78, 5) is 18.4. The molecule has 1 aliphatic heterocycles. The molecule has 2 aromatic rings. The third kappa shape index (κ3) is 3.52. The Hall–Kier alpha value is -2.62. The summed E-state index contributed by atoms with van der Waals surface area (Å²) >= 11 is 0. The number of pyridine rings is 1. The Morgan fingerprint density at radius 1 is 1.09 bits per heavy atom. The molecule has 1 aromatic heterocycles. The summed E-state index contributed by atoms with van der Waals surface area (Å²) in [5.74, 6) is -0.122. The number of hydrogen-bond donors (Lipinski definition) is 1. The third-order valence-electron chi connectivity index (χ3n) is 3.74. The van der Waals surface area contributed by atoms with Crippen LogP contribution in [0.15, 0.2) is 54.9 Å². The SMILES string of the molecule is O=C(/C=C/c1ccncc1)Nc1ccccc1N1CCCC1. The molecule has 0 aliphatic carbocycles. The molecular weight excluding hydrogens is 274 g/mol. The van der Waals surface area contributed by atoms with E-state index in [-0.39, 0.29) is 5.91 Å². The van der Waals surface area contributed by atoms with Gasteiger partial charge in [0.2, 0.25) is 5.91 Å². The lowest BCUT2D eigenvalue weighted by Gasteiger charge is -2.21. The molecule has 3 rings (SSSR count). The van der Waals surface area contributed by atoms with Crippen molar-refractivity contribution in [3.05, 3.63) is 60.4 Å². The second-order valence-corrected chi connectivity index (χ2v) is 5.31. The van der Waals surface area contributed by atoms with Gasteiger partial charge in [0.15, 0.2) is 0 Å². The van der Waals surface area contributed by atoms with Gasteiger partial charge in [-0.3, -0.25) is 9.78 Å². The smallest absolute Gasteiger partial charge is 0.248 e. The molecule has 4 nitrogen and oxygen atoms in total. The number of benzene rings is 1. The van der Waals surface area contributed by atoms with Gasteiger partial charge >= 0.3 is 0 Å². The topological polar surface area (TPSA) is 45.2 Å². The first-order chi connectivity index (χ1) is 10.8. The highest BCUT2D eigenvalue weighted by Crippen LogP contribution is 2.28. The van der Waals surface area contributed by atoms with Crippen molar-refractivity contribution in [1.29, 1.82) is 0 Å². The molecule has 22 heavy (non-hydrogen) atoms. The van der Waals surface area contributed by atoms with Crippen molar-refractivity contribution in [2.45, 2.75) is 12.8 Å². The highest BCUT2D eigenvalue weighted by atomic mass is 16.1. The number of rotatable bonds is 4. The monoisotopic (exact) mass is 293 g/mol. The average Bonchev–Trinajstić information content (AvgIpc) is 3.09. The van der Waals surface area contributed by atoms with Gasteiger partial charge in [0.25, 0.3) is 0 Å². The van der Waals surface area contributed by atoms with E-state index in [0.29, 0.717) is 0 Å². The summed E-state index contributed by atoms with van der Waals surface area (Å²) in [7, 11) is 0. The summed E-state index contributed by atoms with van der Waals surface area (Å²) in [6.07, 6.45) is 9.18. The molecule has 0 spiro atoms. The van der Waals surface area contributed by atoms with Crippen LogP contribution in [0.3, 0.4) is 0 Å². The maximum atomic E-state index is 12.1. The van der Waals surface area contributed by atoms with Crippen LogP contribution in [0, 0.1) is 0 Å². The predicted octanol–water partition coefficient (Wildman–Crippen LogP) is 3.33. The molecule has 2 heterocycles. The summed E-state index contributed by atoms with van der Waals surface area (Å²) < 4.78 is 0. The number of para-hydroxylation sites is 2. The van der Waals surface area contributed by atoms with Crippen molar-refractivity contribution in [2.75, 3.05) is 23.3 Å². The molecule has 1 aromatic carbocycles. The van der Waals surface area contributed by atoms with E-state index in [2.05, 4.69) is 21.3 Å². The number of nitrogens with zero attached hydrogens (tertiary/aromatic N) is 2. The molecule has 0 radical (unpaired) electrons. The number of anilines is 2. The summed E-state index contributed by atoms with van der Waals surface area (Å²) in [5, 5.41) is 2.97. The van der Waals surface area contributed by atoms with Crippen molar-refractivity contribution in [3.63, 3.8) is 0 Å². The van der Waals surface area contributed by atoms with Crippen LogP contribution in [-0.2, 0) is 4.79 Å². The molecule has 1 amide bonds. The van der Waals surface area contributed by atoms with E-state index < -0.39 is 0 Å². The van der Waals surface area contributed by atoms with Gasteiger partial charge in [0, 0.05) is 31.6 Å². The molecule has 0 unspecified atom stereocenters. The molecule has 1 aliphatic rings. The van der Waals surface area contributed by atoms with Gasteiger partial charge in [0.05, 0.1) is 11.4 Å². The van der Waals surface area contributed by atoms with E-state index in [0.717, 1.165) is 30.0 Å². The second kappa shape index (κ2) is 6.89. The first kappa shape index (κ1) is 14.3. The molecule has 0 atom stereocenters. The third-order valence-corrected chi connectivity index (χ3v) is 3.74. The van der Waals surface area contributed by atoms with Gasteiger partial charge in [-0.25, -0.2) is 0 Å². The van der Waals surface area contributed by atoms with Gasteiger partial charge in [-0.1, -0.05) is 12.1 Å². The molecular formula is C18H19N3O. The van der Waals surface area contributed by atoms with E-state index >= 15 is 0 Å². The zero-order valence-electron chi connectivity index (χ0n) is 12.4. The van der Waals surface area contributed by atoms with Crippen LogP contribution in [0.2, 0.25) is 0 Å². The van der Waals surface area contributed by atoms with Crippen LogP contribution in [0.4, 0.5) is 11.4 Å². The standard InChI is InChI=1S/C18H19N3O/c22-18(8-7-15-9-11-19-12-10-15)20-16-5-1-2-6-17(16)21-13-3-4-14-21/h1-2,5-12H,3-4,13-14H2,(H,20,22)/b8-7+. The Balaban J connectivity index is 1.70. The van der Waals surface area contributed by atoms with E-state index in [1.54, 1.807) is 24.5 Å². The second-order valence-electron chi connectivity index (χ2n) is 5.31. The molecule has 1 N–H and O–H groups in total. The fraction of sp³-hybridized carbons (Fsp3) is 0.222. The molecule has 4 heteroatoms. The Bertz CT molecular complexity index is 661. The highest BCUT2D eigenvalue weighted by molar-refractivity contribution is 6.03. The Kier molecular flexibility index (Phi) is 4.49. The molecule has 112 valence electrons. The number of carbonyl (C=O) groups excluding carboxylic acids is 1. The summed E-state index contributed by atoms with van der Waals surface area (Å²) in [5.41, 5.74) is 2.93. The molecule has 0 saturated carbocycles. The van der Waals surface area contributed by atoms with Crippen molar-refractivity contribution < 1.29 is 4.79 Å². The van der Waals surface area contributed by atoms with Gasteiger partial charge in [-0.2, -0.15) is 0 Å². The van der Waals surface area contributed by atoms with Gasteiger partial charge in [0.1, 0.15) is 0 Å². The van der Waals surface area contributed by atoms with E-state index in [9.17, 15) is 4.79 Å².